The third-order valence-electron chi connectivity index (χ3n) is 4.90. The summed E-state index contributed by atoms with van der Waals surface area (Å²) >= 11 is 0. The van der Waals surface area contributed by atoms with Gasteiger partial charge in [-0.25, -0.2) is 8.78 Å². The maximum atomic E-state index is 13.8. The monoisotopic (exact) mass is 338 g/mol. The fourth-order valence-corrected chi connectivity index (χ4v) is 3.31. The Morgan fingerprint density at radius 2 is 2.00 bits per heavy atom. The fraction of sp³-hybridized carbons (Fsp3) is 0.611. The van der Waals surface area contributed by atoms with E-state index in [0.29, 0.717) is 12.5 Å². The van der Waals surface area contributed by atoms with Crippen LogP contribution >= 0.6 is 0 Å². The van der Waals surface area contributed by atoms with Crippen LogP contribution in [0.1, 0.15) is 37.4 Å². The van der Waals surface area contributed by atoms with Crippen molar-refractivity contribution < 1.29 is 18.7 Å². The van der Waals surface area contributed by atoms with Crippen molar-refractivity contribution in [3.8, 4) is 0 Å². The maximum absolute atomic E-state index is 13.8. The minimum atomic E-state index is -1.24. The van der Waals surface area contributed by atoms with Crippen molar-refractivity contribution in [2.75, 3.05) is 26.2 Å². The predicted octanol–water partition coefficient (Wildman–Crippen LogP) is 2.24. The standard InChI is InChI=1S/C18H24F2N2O2/c19-14-4-1-5-15(20)17(14)16(23)11-22-8-2-3-13(10-22)18(24)21-9-12-6-7-12/h1,4-5,12-13,16,23H,2-3,6-11H2,(H,21,24). The van der Waals surface area contributed by atoms with Crippen LogP contribution in [0.3, 0.4) is 0 Å². The molecular formula is C18H24F2N2O2. The van der Waals surface area contributed by atoms with Gasteiger partial charge in [-0.15, -0.1) is 0 Å². The average molecular weight is 338 g/mol. The number of rotatable bonds is 6. The number of benzene rings is 1. The van der Waals surface area contributed by atoms with E-state index in [1.807, 2.05) is 4.90 Å². The van der Waals surface area contributed by atoms with E-state index >= 15 is 0 Å². The van der Waals surface area contributed by atoms with Crippen LogP contribution in [0.15, 0.2) is 18.2 Å². The quantitative estimate of drug-likeness (QED) is 0.836. The highest BCUT2D eigenvalue weighted by atomic mass is 19.1. The molecule has 2 fully saturated rings. The van der Waals surface area contributed by atoms with Gasteiger partial charge in [0.05, 0.1) is 17.6 Å². The number of carbonyl (C=O) groups is 1. The summed E-state index contributed by atoms with van der Waals surface area (Å²) < 4.78 is 27.5. The van der Waals surface area contributed by atoms with Gasteiger partial charge in [0, 0.05) is 19.6 Å². The van der Waals surface area contributed by atoms with Crippen molar-refractivity contribution in [3.05, 3.63) is 35.4 Å². The molecule has 1 saturated heterocycles. The highest BCUT2D eigenvalue weighted by Gasteiger charge is 2.29. The van der Waals surface area contributed by atoms with Gasteiger partial charge in [-0.3, -0.25) is 9.69 Å². The van der Waals surface area contributed by atoms with E-state index in [9.17, 15) is 18.7 Å². The zero-order valence-electron chi connectivity index (χ0n) is 13.7. The van der Waals surface area contributed by atoms with Gasteiger partial charge < -0.3 is 10.4 Å². The van der Waals surface area contributed by atoms with Crippen LogP contribution in [-0.4, -0.2) is 42.1 Å². The molecular weight excluding hydrogens is 314 g/mol. The Kier molecular flexibility index (Phi) is 5.46. The first-order chi connectivity index (χ1) is 11.5. The molecule has 1 saturated carbocycles. The molecule has 24 heavy (non-hydrogen) atoms. The molecule has 1 aliphatic carbocycles. The summed E-state index contributed by atoms with van der Waals surface area (Å²) in [4.78, 5) is 14.1. The highest BCUT2D eigenvalue weighted by molar-refractivity contribution is 5.79. The zero-order valence-corrected chi connectivity index (χ0v) is 13.7. The van der Waals surface area contributed by atoms with Crippen LogP contribution in [0.2, 0.25) is 0 Å². The van der Waals surface area contributed by atoms with Gasteiger partial charge in [0.15, 0.2) is 0 Å². The van der Waals surface area contributed by atoms with E-state index in [2.05, 4.69) is 5.32 Å². The first kappa shape index (κ1) is 17.3. The molecule has 2 atom stereocenters. The molecule has 1 aromatic rings. The van der Waals surface area contributed by atoms with E-state index in [-0.39, 0.29) is 23.9 Å². The zero-order chi connectivity index (χ0) is 17.1. The van der Waals surface area contributed by atoms with Gasteiger partial charge in [0.25, 0.3) is 0 Å². The van der Waals surface area contributed by atoms with Gasteiger partial charge in [-0.05, 0) is 50.3 Å². The number of hydrogen-bond acceptors (Lipinski definition) is 3. The molecule has 1 heterocycles. The molecule has 1 amide bonds. The molecule has 1 aliphatic heterocycles. The van der Waals surface area contributed by atoms with Crippen molar-refractivity contribution in [2.45, 2.75) is 31.8 Å². The summed E-state index contributed by atoms with van der Waals surface area (Å²) in [5.74, 6) is -0.899. The number of β-amino-alcohol motifs (C(OH)–C–C–N with tert-alkyl or cyclic N) is 1. The SMILES string of the molecule is O=C(NCC1CC1)C1CCCN(CC(O)c2c(F)cccc2F)C1. The summed E-state index contributed by atoms with van der Waals surface area (Å²) in [6.07, 6.45) is 2.81. The lowest BCUT2D eigenvalue weighted by atomic mass is 9.96. The topological polar surface area (TPSA) is 52.6 Å². The second-order valence-corrected chi connectivity index (χ2v) is 6.94. The third kappa shape index (κ3) is 4.30. The van der Waals surface area contributed by atoms with Gasteiger partial charge in [-0.2, -0.15) is 0 Å². The first-order valence-electron chi connectivity index (χ1n) is 8.66. The Bertz CT molecular complexity index is 572. The number of likely N-dealkylation sites (tertiary alicyclic amines) is 1. The number of halogens is 2. The Labute approximate surface area is 140 Å². The van der Waals surface area contributed by atoms with Gasteiger partial charge in [-0.1, -0.05) is 6.07 Å². The van der Waals surface area contributed by atoms with E-state index in [0.717, 1.165) is 38.1 Å². The van der Waals surface area contributed by atoms with Crippen LogP contribution in [-0.2, 0) is 4.79 Å². The third-order valence-corrected chi connectivity index (χ3v) is 4.90. The summed E-state index contributed by atoms with van der Waals surface area (Å²) in [6, 6.07) is 3.57. The van der Waals surface area contributed by atoms with E-state index in [4.69, 9.17) is 0 Å². The Balaban J connectivity index is 1.55. The van der Waals surface area contributed by atoms with Gasteiger partial charge in [0.1, 0.15) is 11.6 Å². The normalized spacial score (nSPS) is 23.0. The first-order valence-corrected chi connectivity index (χ1v) is 8.66. The molecule has 0 radical (unpaired) electrons. The predicted molar refractivity (Wildman–Crippen MR) is 86.2 cm³/mol. The van der Waals surface area contributed by atoms with E-state index in [1.54, 1.807) is 0 Å². The molecule has 0 bridgehead atoms. The van der Waals surface area contributed by atoms with Crippen LogP contribution in [0.25, 0.3) is 0 Å². The van der Waals surface area contributed by atoms with Gasteiger partial charge >= 0.3 is 0 Å². The van der Waals surface area contributed by atoms with Crippen molar-refractivity contribution in [1.29, 1.82) is 0 Å². The summed E-state index contributed by atoms with van der Waals surface area (Å²) in [5, 5.41) is 13.2. The van der Waals surface area contributed by atoms with Gasteiger partial charge in [0.2, 0.25) is 5.91 Å². The molecule has 0 aromatic heterocycles. The van der Waals surface area contributed by atoms with Crippen molar-refractivity contribution >= 4 is 5.91 Å². The lowest BCUT2D eigenvalue weighted by molar-refractivity contribution is -0.127. The number of nitrogens with zero attached hydrogens (tertiary/aromatic N) is 1. The number of aliphatic hydroxyl groups excluding tert-OH is 1. The molecule has 3 rings (SSSR count). The molecule has 4 nitrogen and oxygen atoms in total. The lowest BCUT2D eigenvalue weighted by Crippen LogP contribution is -2.44. The number of amides is 1. The number of carbonyl (C=O) groups excluding carboxylic acids is 1. The van der Waals surface area contributed by atoms with Crippen molar-refractivity contribution in [1.82, 2.24) is 10.2 Å². The van der Waals surface area contributed by atoms with Crippen LogP contribution in [0, 0.1) is 23.5 Å². The van der Waals surface area contributed by atoms with E-state index in [1.165, 1.54) is 18.9 Å². The minimum Gasteiger partial charge on any atom is -0.387 e. The average Bonchev–Trinajstić information content (AvgIpc) is 3.37. The number of aliphatic hydroxyl groups is 1. The number of nitrogens with one attached hydrogen (secondary N) is 1. The molecule has 0 spiro atoms. The summed E-state index contributed by atoms with van der Waals surface area (Å²) in [6.45, 7) is 2.12. The molecule has 6 heteroatoms. The van der Waals surface area contributed by atoms with Crippen LogP contribution in [0.4, 0.5) is 8.78 Å². The summed E-state index contributed by atoms with van der Waals surface area (Å²) in [5.41, 5.74) is -0.294. The van der Waals surface area contributed by atoms with Crippen molar-refractivity contribution in [2.24, 2.45) is 11.8 Å². The Morgan fingerprint density at radius 1 is 1.29 bits per heavy atom. The molecule has 2 aliphatic rings. The molecule has 2 N–H and O–H groups in total. The van der Waals surface area contributed by atoms with Crippen LogP contribution < -0.4 is 5.32 Å². The highest BCUT2D eigenvalue weighted by Crippen LogP contribution is 2.28. The smallest absolute Gasteiger partial charge is 0.224 e. The fourth-order valence-electron chi connectivity index (χ4n) is 3.31. The Morgan fingerprint density at radius 3 is 2.67 bits per heavy atom. The Hall–Kier alpha value is -1.53. The second-order valence-electron chi connectivity index (χ2n) is 6.94. The van der Waals surface area contributed by atoms with E-state index < -0.39 is 17.7 Å². The largest absolute Gasteiger partial charge is 0.387 e. The molecule has 1 aromatic carbocycles. The lowest BCUT2D eigenvalue weighted by Gasteiger charge is -2.33. The summed E-state index contributed by atoms with van der Waals surface area (Å²) in [7, 11) is 0. The molecule has 132 valence electrons. The molecule has 2 unspecified atom stereocenters. The number of hydrogen-bond donors (Lipinski definition) is 2. The van der Waals surface area contributed by atoms with Crippen LogP contribution in [0.5, 0.6) is 0 Å². The minimum absolute atomic E-state index is 0.0539. The maximum Gasteiger partial charge on any atom is 0.224 e. The van der Waals surface area contributed by atoms with Crippen molar-refractivity contribution in [3.63, 3.8) is 0 Å². The number of piperidine rings is 1. The second kappa shape index (κ2) is 7.57.